The first kappa shape index (κ1) is 64.1. The van der Waals surface area contributed by atoms with Crippen LogP contribution in [0.2, 0.25) is 0 Å². The lowest BCUT2D eigenvalue weighted by Crippen LogP contribution is -2.55. The van der Waals surface area contributed by atoms with Crippen molar-refractivity contribution in [1.29, 1.82) is 0 Å². The summed E-state index contributed by atoms with van der Waals surface area (Å²) in [6.45, 7) is 3.72. The molecule has 0 saturated carbocycles. The number of carbonyl (C=O) groups excluding carboxylic acids is 7. The number of thioether (sulfide) groups is 1. The fourth-order valence-corrected chi connectivity index (χ4v) is 13.2. The predicted molar refractivity (Wildman–Crippen MR) is 313 cm³/mol. The second-order valence-electron chi connectivity index (χ2n) is 21.3. The van der Waals surface area contributed by atoms with Gasteiger partial charge in [0.2, 0.25) is 11.7 Å². The number of methoxy groups -OCH3 is 2. The SMILES string of the molecule is COc1cccc2c1C(=O)c1c(O)c3c(c(O)c1C2=O)C[C@@](O)(C(=O)NCC(=O)CCSCC(=O)NCCCC(=O)CCOCCOCCCC(=O)c1ccc2nc(CBr)c(CBr)nc2c1)C[C@@H]3O[C@H]1C[C@H]2[C@H](O[C@@H]3[C@@H](OC)OCCN32)[C@H](C)O1. The summed E-state index contributed by atoms with van der Waals surface area (Å²) in [5.74, 6) is -4.34. The molecule has 5 aliphatic rings. The van der Waals surface area contributed by atoms with Crippen LogP contribution in [0.15, 0.2) is 36.4 Å². The van der Waals surface area contributed by atoms with Gasteiger partial charge in [0.25, 0.3) is 5.91 Å². The molecule has 0 spiro atoms. The minimum atomic E-state index is -2.39. The number of rotatable bonds is 29. The molecule has 8 atom stereocenters. The number of benzene rings is 3. The average molecular weight is 1330 g/mol. The molecule has 26 heteroatoms. The summed E-state index contributed by atoms with van der Waals surface area (Å²) in [4.78, 5) is 105. The van der Waals surface area contributed by atoms with Crippen LogP contribution in [0, 0.1) is 0 Å². The van der Waals surface area contributed by atoms with Crippen LogP contribution >= 0.6 is 43.6 Å². The maximum Gasteiger partial charge on any atom is 0.252 e. The van der Waals surface area contributed by atoms with E-state index in [2.05, 4.69) is 57.4 Å². The largest absolute Gasteiger partial charge is 0.507 e. The molecule has 85 heavy (non-hydrogen) atoms. The summed E-state index contributed by atoms with van der Waals surface area (Å²) in [7, 11) is 2.85. The summed E-state index contributed by atoms with van der Waals surface area (Å²) in [6, 6.07) is 9.48. The molecule has 0 unspecified atom stereocenters. The number of fused-ring (bicyclic) bond motifs is 7. The average Bonchev–Trinajstić information content (AvgIpc) is 1.29. The first-order valence-electron chi connectivity index (χ1n) is 28.2. The van der Waals surface area contributed by atoms with Crippen molar-refractivity contribution in [3.63, 3.8) is 0 Å². The zero-order valence-electron chi connectivity index (χ0n) is 47.3. The van der Waals surface area contributed by atoms with Crippen LogP contribution in [0.1, 0.15) is 129 Å². The second kappa shape index (κ2) is 29.1. The number of hydrogen-bond donors (Lipinski definition) is 5. The third-order valence-electron chi connectivity index (χ3n) is 15.7. The van der Waals surface area contributed by atoms with Gasteiger partial charge in [-0.25, -0.2) is 9.97 Å². The predicted octanol–water partition coefficient (Wildman–Crippen LogP) is 5.24. The van der Waals surface area contributed by atoms with Crippen molar-refractivity contribution >= 4 is 95.4 Å². The second-order valence-corrected chi connectivity index (χ2v) is 23.5. The van der Waals surface area contributed by atoms with Gasteiger partial charge in [0.15, 0.2) is 36.2 Å². The highest BCUT2D eigenvalue weighted by molar-refractivity contribution is 9.09. The minimum Gasteiger partial charge on any atom is -0.507 e. The molecule has 1 aromatic heterocycles. The van der Waals surface area contributed by atoms with Gasteiger partial charge < -0.3 is 63.8 Å². The topological polar surface area (TPSA) is 307 Å². The first-order valence-corrected chi connectivity index (χ1v) is 31.6. The van der Waals surface area contributed by atoms with E-state index >= 15 is 0 Å². The van der Waals surface area contributed by atoms with E-state index in [1.54, 1.807) is 19.1 Å². The van der Waals surface area contributed by atoms with Crippen molar-refractivity contribution in [2.24, 2.45) is 0 Å². The molecule has 9 rings (SSSR count). The van der Waals surface area contributed by atoms with E-state index in [0.29, 0.717) is 74.0 Å². The number of ketones is 5. The fourth-order valence-electron chi connectivity index (χ4n) is 11.5. The molecule has 23 nitrogen and oxygen atoms in total. The number of amides is 2. The molecule has 4 aromatic rings. The van der Waals surface area contributed by atoms with Crippen LogP contribution in [0.3, 0.4) is 0 Å². The molecule has 5 N–H and O–H groups in total. The molecule has 2 amide bonds. The number of ether oxygens (including phenoxy) is 8. The Morgan fingerprint density at radius 3 is 2.35 bits per heavy atom. The monoisotopic (exact) mass is 1330 g/mol. The van der Waals surface area contributed by atoms with Gasteiger partial charge in [-0.05, 0) is 44.0 Å². The van der Waals surface area contributed by atoms with Gasteiger partial charge >= 0.3 is 0 Å². The number of alkyl halides is 2. The Morgan fingerprint density at radius 1 is 0.847 bits per heavy atom. The highest BCUT2D eigenvalue weighted by atomic mass is 79.9. The van der Waals surface area contributed by atoms with Gasteiger partial charge in [-0.3, -0.25) is 38.5 Å². The Morgan fingerprint density at radius 2 is 1.60 bits per heavy atom. The molecule has 3 saturated heterocycles. The van der Waals surface area contributed by atoms with E-state index in [1.807, 2.05) is 6.07 Å². The van der Waals surface area contributed by atoms with Crippen LogP contribution < -0.4 is 15.4 Å². The standard InChI is InChI=1S/C59H69Br2N5O18S/c1-31-55-41(66-16-19-81-57(78-3)56(66)84-55)24-46(82-31)83-44-26-59(76,25-36-48(44)54(74)50-49(52(36)72)51(71)35-8-4-10-43(77-2)47(35)53(50)73)58(75)63-29-34(68)14-22-85-30-45(70)62-15-5-7-33(67)13-18-80-21-20-79-17-6-9-42(69)32-11-12-37-38(23-32)65-40(28-61)39(27-60)64-37/h4,8,10-12,23,31,41,44,46,55-57,72,74,76H,5-7,9,13-22,24-30H2,1-3H3,(H,62,70)(H,63,75)/t31-,41-,44-,46-,55+,56+,57-,59-/m0/s1. The van der Waals surface area contributed by atoms with Crippen molar-refractivity contribution in [2.75, 3.05) is 78.4 Å². The Bertz CT molecular complexity index is 3190. The van der Waals surface area contributed by atoms with Crippen LogP contribution in [0.25, 0.3) is 11.0 Å². The van der Waals surface area contributed by atoms with Crippen LogP contribution in [0.5, 0.6) is 17.2 Å². The maximum atomic E-state index is 14.3. The number of hydrogen-bond acceptors (Lipinski definition) is 22. The van der Waals surface area contributed by atoms with Gasteiger partial charge in [0.1, 0.15) is 34.7 Å². The Hall–Kier alpha value is -5.36. The van der Waals surface area contributed by atoms with Crippen LogP contribution in [-0.2, 0) is 69.4 Å². The summed E-state index contributed by atoms with van der Waals surface area (Å²) in [6.07, 6.45) is -3.79. The summed E-state index contributed by atoms with van der Waals surface area (Å²) in [5.41, 5.74) is -0.271. The number of nitrogens with one attached hydrogen (secondary N) is 2. The number of aromatic hydroxyl groups is 2. The number of phenols is 2. The van der Waals surface area contributed by atoms with Crippen LogP contribution in [0.4, 0.5) is 0 Å². The maximum absolute atomic E-state index is 14.3. The minimum absolute atomic E-state index is 0.00767. The lowest BCUT2D eigenvalue weighted by atomic mass is 9.72. The number of phenolic OH excluding ortho intramolecular Hbond substituents is 2. The van der Waals surface area contributed by atoms with E-state index in [-0.39, 0.29) is 102 Å². The summed E-state index contributed by atoms with van der Waals surface area (Å²) < 4.78 is 47.1. The molecule has 3 fully saturated rings. The number of nitrogens with zero attached hydrogens (tertiary/aromatic N) is 3. The molecular formula is C59H69Br2N5O18S. The smallest absolute Gasteiger partial charge is 0.252 e. The molecule has 0 radical (unpaired) electrons. The number of carbonyl (C=O) groups is 7. The number of halogens is 2. The number of aliphatic hydroxyl groups is 1. The molecular weight excluding hydrogens is 1260 g/mol. The van der Waals surface area contributed by atoms with E-state index in [4.69, 9.17) is 37.9 Å². The van der Waals surface area contributed by atoms with E-state index < -0.39 is 108 Å². The van der Waals surface area contributed by atoms with E-state index in [0.717, 1.165) is 16.9 Å². The third-order valence-corrected chi connectivity index (χ3v) is 17.8. The highest BCUT2D eigenvalue weighted by Crippen LogP contribution is 2.53. The van der Waals surface area contributed by atoms with Gasteiger partial charge in [-0.15, -0.1) is 0 Å². The van der Waals surface area contributed by atoms with Gasteiger partial charge in [-0.1, -0.05) is 44.0 Å². The van der Waals surface area contributed by atoms with E-state index in [9.17, 15) is 48.9 Å². The molecule has 3 aliphatic heterocycles. The quantitative estimate of drug-likeness (QED) is 0.0177. The molecule has 458 valence electrons. The Kier molecular flexibility index (Phi) is 22.0. The van der Waals surface area contributed by atoms with Gasteiger partial charge in [0, 0.05) is 116 Å². The Labute approximate surface area is 511 Å². The fraction of sp³-hybridized carbons (Fsp3) is 0.542. The van der Waals surface area contributed by atoms with Crippen molar-refractivity contribution in [1.82, 2.24) is 25.5 Å². The van der Waals surface area contributed by atoms with Gasteiger partial charge in [0.05, 0.1) is 97.2 Å². The van der Waals surface area contributed by atoms with E-state index in [1.165, 1.54) is 44.2 Å². The molecule has 3 aromatic carbocycles. The highest BCUT2D eigenvalue weighted by Gasteiger charge is 2.55. The van der Waals surface area contributed by atoms with Crippen molar-refractivity contribution in [3.8, 4) is 17.2 Å². The zero-order chi connectivity index (χ0) is 60.5. The number of morpholine rings is 1. The van der Waals surface area contributed by atoms with Crippen LogP contribution in [-0.4, -0.2) is 192 Å². The Balaban J connectivity index is 0.691. The van der Waals surface area contributed by atoms with Crippen molar-refractivity contribution in [2.45, 2.75) is 124 Å². The number of aromatic nitrogens is 2. The normalized spacial score (nSPS) is 23.3. The van der Waals surface area contributed by atoms with Gasteiger partial charge in [-0.2, -0.15) is 11.8 Å². The van der Waals surface area contributed by atoms with Crippen molar-refractivity contribution < 1.29 is 86.8 Å². The first-order chi connectivity index (χ1) is 41.0. The van der Waals surface area contributed by atoms with Crippen molar-refractivity contribution in [3.05, 3.63) is 86.7 Å². The molecule has 0 bridgehead atoms. The lowest BCUT2D eigenvalue weighted by Gasteiger charge is -2.43. The molecule has 2 aliphatic carbocycles. The lowest BCUT2D eigenvalue weighted by molar-refractivity contribution is -0.256. The zero-order valence-corrected chi connectivity index (χ0v) is 51.3. The summed E-state index contributed by atoms with van der Waals surface area (Å²) >= 11 is 8.08. The summed E-state index contributed by atoms with van der Waals surface area (Å²) in [5, 5.41) is 42.8. The molecule has 4 heterocycles. The number of Topliss-reactive ketones (excluding diaryl/α,β-unsaturated/α-hetero) is 3. The third kappa shape index (κ3) is 14.5.